The lowest BCUT2D eigenvalue weighted by atomic mass is 9.87. The molecule has 4 heterocycles. The molecule has 3 N–H and O–H groups in total. The third-order valence-electron chi connectivity index (χ3n) is 5.45. The summed E-state index contributed by atoms with van der Waals surface area (Å²) in [7, 11) is 0. The van der Waals surface area contributed by atoms with Gasteiger partial charge in [0.1, 0.15) is 11.5 Å². The summed E-state index contributed by atoms with van der Waals surface area (Å²) >= 11 is 0. The minimum atomic E-state index is -4.54. The molecule has 0 aromatic carbocycles. The van der Waals surface area contributed by atoms with Crippen LogP contribution in [0.15, 0.2) is 30.5 Å². The number of piperidine rings is 1. The van der Waals surface area contributed by atoms with Crippen molar-refractivity contribution in [2.24, 2.45) is 17.6 Å². The van der Waals surface area contributed by atoms with Crippen LogP contribution in [0.5, 0.6) is 0 Å². The summed E-state index contributed by atoms with van der Waals surface area (Å²) in [4.78, 5) is 10.6. The van der Waals surface area contributed by atoms with Crippen molar-refractivity contribution in [1.29, 1.82) is 0 Å². The second kappa shape index (κ2) is 7.86. The highest BCUT2D eigenvalue weighted by molar-refractivity contribution is 5.90. The smallest absolute Gasteiger partial charge is 0.355 e. The summed E-state index contributed by atoms with van der Waals surface area (Å²) in [6.07, 6.45) is -1.06. The van der Waals surface area contributed by atoms with Crippen molar-refractivity contribution in [2.45, 2.75) is 38.9 Å². The average Bonchev–Trinajstić information content (AvgIpc) is 3.10. The highest BCUT2D eigenvalue weighted by Gasteiger charge is 2.36. The summed E-state index contributed by atoms with van der Waals surface area (Å²) in [5.74, 6) is 1.41. The number of rotatable bonds is 4. The molecular weight excluding hydrogens is 393 g/mol. The molecular formula is C21H29F3N6. The first-order valence-electron chi connectivity index (χ1n) is 10.1. The molecule has 4 rings (SSSR count). The lowest BCUT2D eigenvalue weighted by Crippen LogP contribution is -2.47. The molecule has 0 amide bonds. The molecule has 30 heavy (non-hydrogen) atoms. The number of nitrogens with one attached hydrogen (secondary N) is 1. The number of aromatic amines is 1. The summed E-state index contributed by atoms with van der Waals surface area (Å²) in [6.45, 7) is 5.62. The lowest BCUT2D eigenvalue weighted by molar-refractivity contribution is -0.137. The van der Waals surface area contributed by atoms with Gasteiger partial charge in [-0.05, 0) is 48.9 Å². The number of nitrogens with zero attached hydrogens (tertiary/aromatic N) is 4. The molecule has 1 aliphatic heterocycles. The van der Waals surface area contributed by atoms with E-state index in [4.69, 9.17) is 5.73 Å². The first kappa shape index (κ1) is 20.6. The molecule has 0 unspecified atom stereocenters. The maximum atomic E-state index is 13.8. The predicted molar refractivity (Wildman–Crippen MR) is 114 cm³/mol. The largest absolute Gasteiger partial charge is 0.418 e. The highest BCUT2D eigenvalue weighted by Crippen LogP contribution is 2.39. The number of nitrogens with two attached hydrogens (primary N) is 1. The van der Waals surface area contributed by atoms with Crippen molar-refractivity contribution in [3.63, 3.8) is 0 Å². The molecule has 1 saturated heterocycles. The molecule has 1 fully saturated rings. The minimum absolute atomic E-state index is 0. The van der Waals surface area contributed by atoms with E-state index in [1.54, 1.807) is 18.3 Å². The monoisotopic (exact) mass is 422 g/mol. The number of pyridine rings is 2. The summed E-state index contributed by atoms with van der Waals surface area (Å²) in [5, 5.41) is 7.24. The van der Waals surface area contributed by atoms with Crippen LogP contribution in [-0.2, 0) is 6.18 Å². The third kappa shape index (κ3) is 4.12. The molecule has 0 spiro atoms. The fourth-order valence-electron chi connectivity index (χ4n) is 4.35. The van der Waals surface area contributed by atoms with Crippen molar-refractivity contribution in [2.75, 3.05) is 18.0 Å². The first-order valence-corrected chi connectivity index (χ1v) is 10.1. The number of hydrogen-bond acceptors (Lipinski definition) is 5. The predicted octanol–water partition coefficient (Wildman–Crippen LogP) is 4.73. The van der Waals surface area contributed by atoms with Crippen molar-refractivity contribution in [3.8, 4) is 11.4 Å². The van der Waals surface area contributed by atoms with Crippen LogP contribution < -0.4 is 10.6 Å². The number of anilines is 1. The molecule has 6 nitrogen and oxygen atoms in total. The van der Waals surface area contributed by atoms with E-state index in [9.17, 15) is 13.2 Å². The zero-order valence-corrected chi connectivity index (χ0v) is 16.9. The van der Waals surface area contributed by atoms with E-state index >= 15 is 0 Å². The molecule has 0 aliphatic carbocycles. The van der Waals surface area contributed by atoms with Gasteiger partial charge in [0.15, 0.2) is 5.65 Å². The zero-order valence-electron chi connectivity index (χ0n) is 16.9. The maximum absolute atomic E-state index is 13.8. The van der Waals surface area contributed by atoms with Gasteiger partial charge in [-0.25, -0.2) is 9.97 Å². The van der Waals surface area contributed by atoms with E-state index in [-0.39, 0.29) is 20.3 Å². The molecule has 2 atom stereocenters. The quantitative estimate of drug-likeness (QED) is 0.635. The Bertz CT molecular complexity index is 1040. The van der Waals surface area contributed by atoms with Crippen molar-refractivity contribution in [3.05, 3.63) is 36.0 Å². The fourth-order valence-corrected chi connectivity index (χ4v) is 4.35. The molecule has 3 aromatic rings. The van der Waals surface area contributed by atoms with Crippen LogP contribution in [0.3, 0.4) is 0 Å². The van der Waals surface area contributed by atoms with Crippen LogP contribution in [0.25, 0.3) is 22.4 Å². The maximum Gasteiger partial charge on any atom is 0.418 e. The topological polar surface area (TPSA) is 83.7 Å². The molecule has 1 aliphatic rings. The van der Waals surface area contributed by atoms with Gasteiger partial charge in [-0.2, -0.15) is 18.3 Å². The Morgan fingerprint density at radius 3 is 2.80 bits per heavy atom. The van der Waals surface area contributed by atoms with Gasteiger partial charge < -0.3 is 10.6 Å². The molecule has 0 radical (unpaired) electrons. The number of H-pyrrole nitrogens is 1. The molecule has 3 aromatic heterocycles. The second-order valence-electron chi connectivity index (χ2n) is 8.43. The number of alkyl halides is 3. The van der Waals surface area contributed by atoms with Crippen LogP contribution in [0.4, 0.5) is 19.0 Å². The molecule has 0 bridgehead atoms. The Morgan fingerprint density at radius 1 is 1.27 bits per heavy atom. The van der Waals surface area contributed by atoms with Gasteiger partial charge >= 0.3 is 6.18 Å². The Labute approximate surface area is 175 Å². The number of aromatic nitrogens is 4. The lowest BCUT2D eigenvalue weighted by Gasteiger charge is -2.38. The fraction of sp³-hybridized carbons (Fsp3) is 0.476. The average molecular weight is 422 g/mol. The summed E-state index contributed by atoms with van der Waals surface area (Å²) in [5.41, 5.74) is 5.85. The van der Waals surface area contributed by atoms with Gasteiger partial charge in [-0.1, -0.05) is 13.8 Å². The van der Waals surface area contributed by atoms with E-state index in [1.807, 2.05) is 4.90 Å². The van der Waals surface area contributed by atoms with Crippen molar-refractivity contribution < 1.29 is 16.0 Å². The molecule has 9 heteroatoms. The SMILES string of the molecule is CC(C)C[C@@H]1C[C@@H](N)CN(c2ccc(C(F)(F)F)c(-c3[nH]nc4ncccc34)n2)C1.[HH].[HH]. The van der Waals surface area contributed by atoms with E-state index in [0.717, 1.165) is 25.5 Å². The Balaban J connectivity index is 0.00000181. The summed E-state index contributed by atoms with van der Waals surface area (Å²) in [6, 6.07) is 5.85. The van der Waals surface area contributed by atoms with Gasteiger partial charge in [-0.15, -0.1) is 0 Å². The second-order valence-corrected chi connectivity index (χ2v) is 8.43. The normalized spacial score (nSPS) is 20.3. The van der Waals surface area contributed by atoms with E-state index in [0.29, 0.717) is 35.2 Å². The van der Waals surface area contributed by atoms with Crippen LogP contribution in [-0.4, -0.2) is 39.3 Å². The van der Waals surface area contributed by atoms with E-state index < -0.39 is 11.7 Å². The van der Waals surface area contributed by atoms with E-state index in [1.165, 1.54) is 6.07 Å². The molecule has 0 saturated carbocycles. The number of fused-ring (bicyclic) bond motifs is 1. The van der Waals surface area contributed by atoms with Crippen molar-refractivity contribution >= 4 is 16.9 Å². The Kier molecular flexibility index (Phi) is 5.40. The number of hydrogen-bond donors (Lipinski definition) is 2. The van der Waals surface area contributed by atoms with Gasteiger partial charge in [0, 0.05) is 33.6 Å². The van der Waals surface area contributed by atoms with Crippen LogP contribution in [0.1, 0.15) is 35.1 Å². The van der Waals surface area contributed by atoms with Gasteiger partial charge in [0.25, 0.3) is 0 Å². The van der Waals surface area contributed by atoms with Crippen LogP contribution in [0.2, 0.25) is 0 Å². The van der Waals surface area contributed by atoms with Gasteiger partial charge in [-0.3, -0.25) is 5.10 Å². The van der Waals surface area contributed by atoms with Crippen LogP contribution in [0, 0.1) is 11.8 Å². The third-order valence-corrected chi connectivity index (χ3v) is 5.45. The van der Waals surface area contributed by atoms with Crippen molar-refractivity contribution in [1.82, 2.24) is 20.2 Å². The van der Waals surface area contributed by atoms with Gasteiger partial charge in [0.05, 0.1) is 11.3 Å². The highest BCUT2D eigenvalue weighted by atomic mass is 19.4. The Morgan fingerprint density at radius 2 is 2.07 bits per heavy atom. The van der Waals surface area contributed by atoms with E-state index in [2.05, 4.69) is 34.0 Å². The minimum Gasteiger partial charge on any atom is -0.355 e. The Hall–Kier alpha value is -2.68. The van der Waals surface area contributed by atoms with Gasteiger partial charge in [0.2, 0.25) is 0 Å². The zero-order chi connectivity index (χ0) is 21.5. The summed E-state index contributed by atoms with van der Waals surface area (Å²) < 4.78 is 41.3. The van der Waals surface area contributed by atoms with Crippen LogP contribution >= 0.6 is 0 Å². The number of halogens is 3. The first-order chi connectivity index (χ1) is 14.2. The standard InChI is InChI=1S/C21H25F3N6.2H2/c1-12(2)8-13-9-14(25)11-30(10-13)17-6-5-16(21(22,23)24)19(27-17)18-15-4-3-7-26-20(15)29-28-18;;/h3-7,12-14H,8-11,25H2,1-2H3,(H,26,28,29);2*1H/t13-,14-;;/m1../s1. The molecule has 164 valence electrons.